The highest BCUT2D eigenvalue weighted by molar-refractivity contribution is 7.98. The number of rotatable bonds is 4. The van der Waals surface area contributed by atoms with Gasteiger partial charge in [0.25, 0.3) is 0 Å². The van der Waals surface area contributed by atoms with E-state index in [9.17, 15) is 0 Å². The van der Waals surface area contributed by atoms with E-state index in [0.717, 1.165) is 5.16 Å². The molecule has 0 saturated carbocycles. The summed E-state index contributed by atoms with van der Waals surface area (Å²) in [6.45, 7) is 4.06. The van der Waals surface area contributed by atoms with Crippen molar-refractivity contribution in [2.45, 2.75) is 30.8 Å². The normalized spacial score (nSPS) is 11.3. The Morgan fingerprint density at radius 2 is 2.06 bits per heavy atom. The number of aromatic nitrogens is 7. The first kappa shape index (κ1) is 11.8. The monoisotopic (exact) mass is 254 g/mol. The Morgan fingerprint density at radius 1 is 1.29 bits per heavy atom. The molecule has 2 rings (SSSR count). The van der Waals surface area contributed by atoms with Gasteiger partial charge in [-0.1, -0.05) is 11.8 Å². The molecular weight excluding hydrogens is 240 g/mol. The standard InChI is InChI=1S/C8H14N8S/c1-5(2)16-7(9)11-12-8(16)17-4-6-10-14-15(3)13-6/h5H,4H2,1-3H3,(H2,9,11). The lowest BCUT2D eigenvalue weighted by Gasteiger charge is -2.10. The first-order valence-corrected chi connectivity index (χ1v) is 6.12. The maximum Gasteiger partial charge on any atom is 0.222 e. The van der Waals surface area contributed by atoms with Crippen molar-refractivity contribution >= 4 is 17.7 Å². The van der Waals surface area contributed by atoms with Crippen LogP contribution in [0.1, 0.15) is 25.7 Å². The molecule has 8 nitrogen and oxygen atoms in total. The van der Waals surface area contributed by atoms with Gasteiger partial charge in [0.1, 0.15) is 0 Å². The Morgan fingerprint density at radius 3 is 2.65 bits per heavy atom. The van der Waals surface area contributed by atoms with E-state index < -0.39 is 0 Å². The van der Waals surface area contributed by atoms with Gasteiger partial charge in [0.15, 0.2) is 11.0 Å². The molecule has 0 radical (unpaired) electrons. The molecule has 0 atom stereocenters. The van der Waals surface area contributed by atoms with E-state index in [2.05, 4.69) is 25.6 Å². The van der Waals surface area contributed by atoms with Crippen LogP contribution in [0.2, 0.25) is 0 Å². The van der Waals surface area contributed by atoms with Crippen LogP contribution in [0.25, 0.3) is 0 Å². The van der Waals surface area contributed by atoms with Crippen LogP contribution in [0, 0.1) is 0 Å². The van der Waals surface area contributed by atoms with Gasteiger partial charge in [-0.3, -0.25) is 4.57 Å². The molecule has 0 aliphatic rings. The number of tetrazole rings is 1. The van der Waals surface area contributed by atoms with Crippen LogP contribution in [-0.2, 0) is 12.8 Å². The average Bonchev–Trinajstić information content (AvgIpc) is 2.82. The highest BCUT2D eigenvalue weighted by atomic mass is 32.2. The minimum Gasteiger partial charge on any atom is -0.368 e. The third kappa shape index (κ3) is 2.54. The molecule has 0 bridgehead atoms. The van der Waals surface area contributed by atoms with Gasteiger partial charge in [-0.2, -0.15) is 4.80 Å². The largest absolute Gasteiger partial charge is 0.368 e. The third-order valence-electron chi connectivity index (χ3n) is 2.09. The van der Waals surface area contributed by atoms with E-state index in [1.807, 2.05) is 18.4 Å². The summed E-state index contributed by atoms with van der Waals surface area (Å²) in [4.78, 5) is 1.43. The summed E-state index contributed by atoms with van der Waals surface area (Å²) in [6.07, 6.45) is 0. The van der Waals surface area contributed by atoms with Crippen LogP contribution < -0.4 is 5.73 Å². The van der Waals surface area contributed by atoms with Gasteiger partial charge in [0, 0.05) is 6.04 Å². The van der Waals surface area contributed by atoms with Crippen molar-refractivity contribution in [2.75, 3.05) is 5.73 Å². The van der Waals surface area contributed by atoms with E-state index in [4.69, 9.17) is 5.73 Å². The molecular formula is C8H14N8S. The summed E-state index contributed by atoms with van der Waals surface area (Å²) in [5.41, 5.74) is 5.74. The van der Waals surface area contributed by atoms with Gasteiger partial charge in [0.2, 0.25) is 5.95 Å². The van der Waals surface area contributed by atoms with Gasteiger partial charge in [-0.25, -0.2) is 0 Å². The maximum absolute atomic E-state index is 5.74. The minimum absolute atomic E-state index is 0.224. The SMILES string of the molecule is CC(C)n1c(N)nnc1SCc1nnn(C)n1. The van der Waals surface area contributed by atoms with Crippen molar-refractivity contribution < 1.29 is 0 Å². The van der Waals surface area contributed by atoms with Gasteiger partial charge in [-0.05, 0) is 19.1 Å². The van der Waals surface area contributed by atoms with Crippen LogP contribution in [0.3, 0.4) is 0 Å². The zero-order valence-corrected chi connectivity index (χ0v) is 10.7. The highest BCUT2D eigenvalue weighted by Crippen LogP contribution is 2.24. The Balaban J connectivity index is 2.09. The Kier molecular flexibility index (Phi) is 3.27. The van der Waals surface area contributed by atoms with Crippen LogP contribution in [0.4, 0.5) is 5.95 Å². The van der Waals surface area contributed by atoms with E-state index in [1.54, 1.807) is 7.05 Å². The molecule has 0 aliphatic heterocycles. The molecule has 2 heterocycles. The molecule has 0 aliphatic carbocycles. The molecule has 2 aromatic heterocycles. The first-order valence-electron chi connectivity index (χ1n) is 5.14. The number of hydrogen-bond acceptors (Lipinski definition) is 7. The van der Waals surface area contributed by atoms with Gasteiger partial charge >= 0.3 is 0 Å². The number of nitrogen functional groups attached to an aromatic ring is 1. The van der Waals surface area contributed by atoms with Crippen molar-refractivity contribution in [2.24, 2.45) is 7.05 Å². The summed E-state index contributed by atoms with van der Waals surface area (Å²) in [5.74, 6) is 1.68. The van der Waals surface area contributed by atoms with Crippen molar-refractivity contribution in [1.29, 1.82) is 0 Å². The molecule has 0 unspecified atom stereocenters. The van der Waals surface area contributed by atoms with Gasteiger partial charge in [0.05, 0.1) is 12.8 Å². The smallest absolute Gasteiger partial charge is 0.222 e. The summed E-state index contributed by atoms with van der Waals surface area (Å²) in [5, 5.41) is 20.4. The van der Waals surface area contributed by atoms with Crippen LogP contribution in [-0.4, -0.2) is 35.0 Å². The van der Waals surface area contributed by atoms with Gasteiger partial charge in [-0.15, -0.1) is 20.4 Å². The summed E-state index contributed by atoms with van der Waals surface area (Å²) < 4.78 is 1.88. The van der Waals surface area contributed by atoms with E-state index >= 15 is 0 Å². The summed E-state index contributed by atoms with van der Waals surface area (Å²) >= 11 is 1.49. The number of anilines is 1. The van der Waals surface area contributed by atoms with E-state index in [-0.39, 0.29) is 6.04 Å². The number of hydrogen-bond donors (Lipinski definition) is 1. The number of thioether (sulfide) groups is 1. The Bertz CT molecular complexity index is 501. The fraction of sp³-hybridized carbons (Fsp3) is 0.625. The van der Waals surface area contributed by atoms with Crippen molar-refractivity contribution in [3.63, 3.8) is 0 Å². The molecule has 0 spiro atoms. The molecule has 0 fully saturated rings. The maximum atomic E-state index is 5.74. The molecule has 2 N–H and O–H groups in total. The van der Waals surface area contributed by atoms with Crippen LogP contribution in [0.15, 0.2) is 5.16 Å². The molecule has 0 aromatic carbocycles. The molecule has 2 aromatic rings. The second-order valence-electron chi connectivity index (χ2n) is 3.79. The summed E-state index contributed by atoms with van der Waals surface area (Å²) in [7, 11) is 1.73. The molecule has 9 heteroatoms. The zero-order chi connectivity index (χ0) is 12.4. The second kappa shape index (κ2) is 4.70. The molecule has 0 amide bonds. The number of nitrogens with zero attached hydrogens (tertiary/aromatic N) is 7. The number of aryl methyl sites for hydroxylation is 1. The fourth-order valence-corrected chi connectivity index (χ4v) is 2.30. The fourth-order valence-electron chi connectivity index (χ4n) is 1.38. The van der Waals surface area contributed by atoms with Crippen LogP contribution in [0.5, 0.6) is 0 Å². The van der Waals surface area contributed by atoms with Crippen molar-refractivity contribution in [3.8, 4) is 0 Å². The van der Waals surface area contributed by atoms with E-state index in [0.29, 0.717) is 17.5 Å². The topological polar surface area (TPSA) is 100 Å². The van der Waals surface area contributed by atoms with Crippen molar-refractivity contribution in [3.05, 3.63) is 5.82 Å². The van der Waals surface area contributed by atoms with Crippen LogP contribution >= 0.6 is 11.8 Å². The second-order valence-corrected chi connectivity index (χ2v) is 4.73. The third-order valence-corrected chi connectivity index (χ3v) is 3.03. The predicted molar refractivity (Wildman–Crippen MR) is 63.2 cm³/mol. The molecule has 0 saturated heterocycles. The summed E-state index contributed by atoms with van der Waals surface area (Å²) in [6, 6.07) is 0.224. The molecule has 92 valence electrons. The quantitative estimate of drug-likeness (QED) is 0.781. The zero-order valence-electron chi connectivity index (χ0n) is 9.90. The average molecular weight is 254 g/mol. The first-order chi connectivity index (χ1) is 8.08. The van der Waals surface area contributed by atoms with Gasteiger partial charge < -0.3 is 5.73 Å². The lowest BCUT2D eigenvalue weighted by molar-refractivity contribution is 0.557. The number of nitrogens with two attached hydrogens (primary N) is 1. The molecule has 17 heavy (non-hydrogen) atoms. The van der Waals surface area contributed by atoms with Crippen molar-refractivity contribution in [1.82, 2.24) is 35.0 Å². The lowest BCUT2D eigenvalue weighted by Crippen LogP contribution is -2.07. The van der Waals surface area contributed by atoms with E-state index in [1.165, 1.54) is 16.6 Å². The Labute approximate surface area is 103 Å². The lowest BCUT2D eigenvalue weighted by atomic mass is 10.4. The highest BCUT2D eigenvalue weighted by Gasteiger charge is 2.13. The minimum atomic E-state index is 0.224. The predicted octanol–water partition coefficient (Wildman–Crippen LogP) is 0.257. The Hall–Kier alpha value is -1.64.